The van der Waals surface area contributed by atoms with Gasteiger partial charge in [-0.15, -0.1) is 0 Å². The lowest BCUT2D eigenvalue weighted by molar-refractivity contribution is 0.0887. The fraction of sp³-hybridized carbons (Fsp3) is 1.00. The van der Waals surface area contributed by atoms with E-state index >= 15 is 0 Å². The minimum atomic E-state index is 0.722. The van der Waals surface area contributed by atoms with Crippen LogP contribution in [0.25, 0.3) is 0 Å². The molecule has 0 saturated carbocycles. The van der Waals surface area contributed by atoms with E-state index in [2.05, 4.69) is 140 Å². The normalized spacial score (nSPS) is 25.9. The first kappa shape index (κ1) is 45.9. The standard InChI is InChI=1S/C12H24N2.2C11H23N.C10H22N2/c1-9(2)13-5-11-7-14(10(3)4)8-12(11)6-13;3*1-9(2)11-5-7-12(8-6-11)10(3)4/h9-12H,5-8H2,1-4H3;2*9-11H,5-8H2,1-4H3;9-10H,5-8H2,1-4H3. The molecule has 0 aromatic rings. The molecule has 5 saturated heterocycles. The molecule has 0 radical (unpaired) electrons. The molecule has 0 atom stereocenters. The summed E-state index contributed by atoms with van der Waals surface area (Å²) in [6.07, 6.45) is 5.65. The lowest BCUT2D eigenvalue weighted by Crippen LogP contribution is -2.50. The number of fused-ring (bicyclic) bond motifs is 1. The van der Waals surface area contributed by atoms with Crippen molar-refractivity contribution in [2.45, 2.75) is 173 Å². The van der Waals surface area contributed by atoms with E-state index in [4.69, 9.17) is 0 Å². The van der Waals surface area contributed by atoms with Gasteiger partial charge in [0.25, 0.3) is 0 Å². The van der Waals surface area contributed by atoms with Crippen LogP contribution in [0.15, 0.2) is 0 Å². The highest BCUT2D eigenvalue weighted by molar-refractivity contribution is 4.94. The molecule has 0 aromatic heterocycles. The summed E-state index contributed by atoms with van der Waals surface area (Å²) < 4.78 is 0. The topological polar surface area (TPSA) is 19.4 Å². The van der Waals surface area contributed by atoms with Gasteiger partial charge in [0.2, 0.25) is 0 Å². The molecule has 5 fully saturated rings. The highest BCUT2D eigenvalue weighted by Gasteiger charge is 2.41. The fourth-order valence-corrected chi connectivity index (χ4v) is 8.88. The second-order valence-corrected chi connectivity index (χ2v) is 19.3. The average molecular weight is 705 g/mol. The number of hydrogen-bond acceptors (Lipinski definition) is 6. The Balaban J connectivity index is 0.000000232. The summed E-state index contributed by atoms with van der Waals surface area (Å²) in [5, 5.41) is 0. The molecular formula is C44H92N6. The van der Waals surface area contributed by atoms with Gasteiger partial charge in [-0.05, 0) is 170 Å². The Hall–Kier alpha value is -0.240. The second kappa shape index (κ2) is 22.9. The van der Waals surface area contributed by atoms with Crippen LogP contribution < -0.4 is 0 Å². The number of piperidine rings is 2. The van der Waals surface area contributed by atoms with Gasteiger partial charge in [0, 0.05) is 88.6 Å². The van der Waals surface area contributed by atoms with Gasteiger partial charge in [0.15, 0.2) is 0 Å². The predicted molar refractivity (Wildman–Crippen MR) is 222 cm³/mol. The van der Waals surface area contributed by atoms with Crippen LogP contribution >= 0.6 is 0 Å². The largest absolute Gasteiger partial charge is 0.301 e. The van der Waals surface area contributed by atoms with Crippen molar-refractivity contribution in [2.75, 3.05) is 78.5 Å². The highest BCUT2D eigenvalue weighted by Crippen LogP contribution is 2.33. The minimum Gasteiger partial charge on any atom is -0.301 e. The molecule has 0 amide bonds. The van der Waals surface area contributed by atoms with E-state index in [-0.39, 0.29) is 0 Å². The van der Waals surface area contributed by atoms with Crippen LogP contribution in [0.4, 0.5) is 0 Å². The molecule has 6 nitrogen and oxygen atoms in total. The van der Waals surface area contributed by atoms with Crippen LogP contribution in [0.1, 0.15) is 136 Å². The lowest BCUT2D eigenvalue weighted by Gasteiger charge is -2.38. The van der Waals surface area contributed by atoms with Gasteiger partial charge in [-0.2, -0.15) is 0 Å². The molecule has 0 aromatic carbocycles. The maximum Gasteiger partial charge on any atom is 0.0113 e. The van der Waals surface area contributed by atoms with Crippen molar-refractivity contribution >= 4 is 0 Å². The van der Waals surface area contributed by atoms with Crippen molar-refractivity contribution in [1.82, 2.24) is 29.4 Å². The summed E-state index contributed by atoms with van der Waals surface area (Å²) in [5.74, 6) is 5.67. The molecule has 0 bridgehead atoms. The van der Waals surface area contributed by atoms with E-state index in [0.717, 1.165) is 71.8 Å². The maximum absolute atomic E-state index is 2.65. The average Bonchev–Trinajstić information content (AvgIpc) is 3.66. The molecule has 5 aliphatic heterocycles. The lowest BCUT2D eigenvalue weighted by atomic mass is 9.86. The van der Waals surface area contributed by atoms with E-state index in [1.807, 2.05) is 0 Å². The Labute approximate surface area is 315 Å². The molecule has 0 unspecified atom stereocenters. The highest BCUT2D eigenvalue weighted by atomic mass is 15.3. The molecule has 6 heteroatoms. The van der Waals surface area contributed by atoms with Crippen LogP contribution in [0.3, 0.4) is 0 Å². The fourth-order valence-electron chi connectivity index (χ4n) is 8.88. The van der Waals surface area contributed by atoms with Gasteiger partial charge in [0.05, 0.1) is 0 Å². The molecular weight excluding hydrogens is 613 g/mol. The summed E-state index contributed by atoms with van der Waals surface area (Å²) in [6.45, 7) is 52.7. The first-order valence-electron chi connectivity index (χ1n) is 21.8. The molecule has 0 N–H and O–H groups in total. The van der Waals surface area contributed by atoms with Crippen LogP contribution in [-0.4, -0.2) is 144 Å². The Morgan fingerprint density at radius 2 is 0.480 bits per heavy atom. The predicted octanol–water partition coefficient (Wildman–Crippen LogP) is 8.61. The van der Waals surface area contributed by atoms with Crippen molar-refractivity contribution in [1.29, 1.82) is 0 Å². The maximum atomic E-state index is 2.65. The Morgan fingerprint density at radius 3 is 0.660 bits per heavy atom. The van der Waals surface area contributed by atoms with Crippen molar-refractivity contribution in [2.24, 2.45) is 35.5 Å². The summed E-state index contributed by atoms with van der Waals surface area (Å²) in [7, 11) is 0. The van der Waals surface area contributed by atoms with Gasteiger partial charge in [-0.1, -0.05) is 27.7 Å². The van der Waals surface area contributed by atoms with E-state index < -0.39 is 0 Å². The van der Waals surface area contributed by atoms with Gasteiger partial charge in [-0.25, -0.2) is 0 Å². The zero-order valence-corrected chi connectivity index (χ0v) is 36.9. The zero-order chi connectivity index (χ0) is 37.7. The number of nitrogens with zero attached hydrogens (tertiary/aromatic N) is 6. The minimum absolute atomic E-state index is 0.722. The first-order chi connectivity index (χ1) is 23.4. The van der Waals surface area contributed by atoms with Crippen LogP contribution in [-0.2, 0) is 0 Å². The molecule has 0 spiro atoms. The summed E-state index contributed by atoms with van der Waals surface area (Å²) >= 11 is 0. The monoisotopic (exact) mass is 705 g/mol. The number of rotatable bonds is 8. The quantitative estimate of drug-likeness (QED) is 0.250. The van der Waals surface area contributed by atoms with E-state index in [0.29, 0.717) is 0 Å². The van der Waals surface area contributed by atoms with Crippen LogP contribution in [0, 0.1) is 35.5 Å². The molecule has 5 heterocycles. The van der Waals surface area contributed by atoms with Gasteiger partial charge < -0.3 is 19.6 Å². The van der Waals surface area contributed by atoms with Crippen molar-refractivity contribution < 1.29 is 0 Å². The van der Waals surface area contributed by atoms with Gasteiger partial charge in [-0.3, -0.25) is 9.80 Å². The Kier molecular flexibility index (Phi) is 21.0. The van der Waals surface area contributed by atoms with Crippen molar-refractivity contribution in [3.05, 3.63) is 0 Å². The van der Waals surface area contributed by atoms with Crippen molar-refractivity contribution in [3.8, 4) is 0 Å². The summed E-state index contributed by atoms with van der Waals surface area (Å²) in [6, 6.07) is 4.43. The zero-order valence-electron chi connectivity index (χ0n) is 36.9. The summed E-state index contributed by atoms with van der Waals surface area (Å²) in [4.78, 5) is 15.6. The molecule has 0 aliphatic carbocycles. The number of likely N-dealkylation sites (tertiary alicyclic amines) is 4. The van der Waals surface area contributed by atoms with Gasteiger partial charge in [0.1, 0.15) is 0 Å². The Morgan fingerprint density at radius 1 is 0.280 bits per heavy atom. The van der Waals surface area contributed by atoms with E-state index in [9.17, 15) is 0 Å². The molecule has 5 rings (SSSR count). The number of piperazine rings is 1. The second-order valence-electron chi connectivity index (χ2n) is 19.3. The number of hydrogen-bond donors (Lipinski definition) is 0. The van der Waals surface area contributed by atoms with Crippen molar-refractivity contribution in [3.63, 3.8) is 0 Å². The first-order valence-corrected chi connectivity index (χ1v) is 21.8. The van der Waals surface area contributed by atoms with Gasteiger partial charge >= 0.3 is 0 Å². The van der Waals surface area contributed by atoms with Crippen LogP contribution in [0.2, 0.25) is 0 Å². The van der Waals surface area contributed by atoms with E-state index in [1.165, 1.54) is 104 Å². The SMILES string of the molecule is CC(C)C1CCN(C(C)C)CC1.CC(C)C1CCN(C(C)C)CC1.CC(C)N1CC2CN(C(C)C)CC2C1.CC(C)N1CCN(C(C)C)CC1. The third-order valence-electron chi connectivity index (χ3n) is 13.3. The van der Waals surface area contributed by atoms with E-state index in [1.54, 1.807) is 0 Å². The molecule has 50 heavy (non-hydrogen) atoms. The molecule has 298 valence electrons. The third-order valence-corrected chi connectivity index (χ3v) is 13.3. The third kappa shape index (κ3) is 15.6. The smallest absolute Gasteiger partial charge is 0.0113 e. The summed E-state index contributed by atoms with van der Waals surface area (Å²) in [5.41, 5.74) is 0. The Bertz CT molecular complexity index is 686. The molecule has 5 aliphatic rings. The van der Waals surface area contributed by atoms with Crippen LogP contribution in [0.5, 0.6) is 0 Å².